The Labute approximate surface area is 193 Å². The largest absolute Gasteiger partial charge is 0.490 e. The Morgan fingerprint density at radius 2 is 2.18 bits per heavy atom. The Hall–Kier alpha value is -3.59. The van der Waals surface area contributed by atoms with Crippen LogP contribution in [0.3, 0.4) is 0 Å². The number of amides is 2. The predicted molar refractivity (Wildman–Crippen MR) is 112 cm³/mol. The van der Waals surface area contributed by atoms with E-state index >= 15 is 0 Å². The number of carbonyl (C=O) groups excluding carboxylic acids is 2. The summed E-state index contributed by atoms with van der Waals surface area (Å²) in [4.78, 5) is 29.8. The molecule has 1 aromatic heterocycles. The average Bonchev–Trinajstić information content (AvgIpc) is 2.81. The van der Waals surface area contributed by atoms with Gasteiger partial charge < -0.3 is 14.4 Å². The molecule has 2 aliphatic rings. The molecule has 12 heteroatoms. The SMILES string of the molecule is C[C@@H](COCCC(=O)N1CC=C(c2ccc(C#N)cn2)CC1)OC1=CN=NC(=O)C1C(F)(F)F. The zero-order valence-corrected chi connectivity index (χ0v) is 18.3. The lowest BCUT2D eigenvalue weighted by atomic mass is 10.0. The maximum absolute atomic E-state index is 13.1. The number of halogens is 3. The normalized spacial score (nSPS) is 19.2. The second kappa shape index (κ2) is 11.0. The number of hydrogen-bond acceptors (Lipinski definition) is 7. The van der Waals surface area contributed by atoms with Gasteiger partial charge in [0.25, 0.3) is 5.91 Å². The molecule has 3 heterocycles. The van der Waals surface area contributed by atoms with Crippen LogP contribution in [0.1, 0.15) is 31.0 Å². The summed E-state index contributed by atoms with van der Waals surface area (Å²) >= 11 is 0. The smallest absolute Gasteiger partial charge is 0.407 e. The van der Waals surface area contributed by atoms with E-state index in [-0.39, 0.29) is 25.5 Å². The number of aromatic nitrogens is 1. The van der Waals surface area contributed by atoms with Gasteiger partial charge in [-0.15, -0.1) is 5.11 Å². The molecule has 34 heavy (non-hydrogen) atoms. The van der Waals surface area contributed by atoms with E-state index in [0.717, 1.165) is 17.5 Å². The van der Waals surface area contributed by atoms with Crippen molar-refractivity contribution >= 4 is 17.4 Å². The van der Waals surface area contributed by atoms with Crippen LogP contribution in [0.2, 0.25) is 0 Å². The van der Waals surface area contributed by atoms with Crippen LogP contribution < -0.4 is 0 Å². The van der Waals surface area contributed by atoms with Crippen molar-refractivity contribution < 1.29 is 32.2 Å². The fourth-order valence-electron chi connectivity index (χ4n) is 3.41. The predicted octanol–water partition coefficient (Wildman–Crippen LogP) is 3.39. The van der Waals surface area contributed by atoms with E-state index in [2.05, 4.69) is 15.2 Å². The first-order valence-electron chi connectivity index (χ1n) is 10.5. The monoisotopic (exact) mass is 477 g/mol. The molecule has 2 atom stereocenters. The highest BCUT2D eigenvalue weighted by molar-refractivity contribution is 5.83. The minimum absolute atomic E-state index is 0.0666. The maximum Gasteiger partial charge on any atom is 0.407 e. The summed E-state index contributed by atoms with van der Waals surface area (Å²) in [6.07, 6.45) is -0.716. The van der Waals surface area contributed by atoms with E-state index in [9.17, 15) is 22.8 Å². The van der Waals surface area contributed by atoms with Gasteiger partial charge in [-0.1, -0.05) is 6.08 Å². The number of alkyl halides is 3. The molecule has 0 bridgehead atoms. The highest BCUT2D eigenvalue weighted by Gasteiger charge is 2.50. The second-order valence-electron chi connectivity index (χ2n) is 7.68. The molecule has 0 fully saturated rings. The summed E-state index contributed by atoms with van der Waals surface area (Å²) in [7, 11) is 0. The molecule has 3 rings (SSSR count). The fourth-order valence-corrected chi connectivity index (χ4v) is 3.41. The lowest BCUT2D eigenvalue weighted by Gasteiger charge is -2.27. The summed E-state index contributed by atoms with van der Waals surface area (Å²) in [5, 5.41) is 15.0. The molecule has 9 nitrogen and oxygen atoms in total. The Bertz CT molecular complexity index is 1040. The number of carbonyl (C=O) groups is 2. The lowest BCUT2D eigenvalue weighted by molar-refractivity contribution is -0.183. The fraction of sp³-hybridized carbons (Fsp3) is 0.455. The van der Waals surface area contributed by atoms with Gasteiger partial charge in [-0.05, 0) is 31.1 Å². The van der Waals surface area contributed by atoms with Gasteiger partial charge in [0, 0.05) is 19.3 Å². The molecule has 2 aliphatic heterocycles. The molecule has 2 amide bonds. The van der Waals surface area contributed by atoms with E-state index in [1.165, 1.54) is 13.1 Å². The summed E-state index contributed by atoms with van der Waals surface area (Å²) in [6.45, 7) is 2.42. The van der Waals surface area contributed by atoms with Crippen molar-refractivity contribution in [2.75, 3.05) is 26.3 Å². The van der Waals surface area contributed by atoms with Gasteiger partial charge in [-0.3, -0.25) is 14.6 Å². The third kappa shape index (κ3) is 6.48. The minimum atomic E-state index is -4.84. The van der Waals surface area contributed by atoms with Crippen molar-refractivity contribution in [1.29, 1.82) is 5.26 Å². The van der Waals surface area contributed by atoms with Crippen LogP contribution in [0.4, 0.5) is 13.2 Å². The van der Waals surface area contributed by atoms with Crippen molar-refractivity contribution in [2.45, 2.75) is 32.0 Å². The summed E-state index contributed by atoms with van der Waals surface area (Å²) < 4.78 is 49.8. The summed E-state index contributed by atoms with van der Waals surface area (Å²) in [5.74, 6) is -4.66. The van der Waals surface area contributed by atoms with Crippen molar-refractivity contribution in [2.24, 2.45) is 16.1 Å². The van der Waals surface area contributed by atoms with E-state index in [0.29, 0.717) is 25.1 Å². The quantitative estimate of drug-likeness (QED) is 0.530. The molecular formula is C22H22F3N5O4. The Kier molecular flexibility index (Phi) is 8.12. The molecule has 0 radical (unpaired) electrons. The van der Waals surface area contributed by atoms with Crippen molar-refractivity contribution in [3.8, 4) is 6.07 Å². The van der Waals surface area contributed by atoms with Gasteiger partial charge in [0.1, 0.15) is 17.9 Å². The van der Waals surface area contributed by atoms with Gasteiger partial charge in [-0.2, -0.15) is 23.5 Å². The summed E-state index contributed by atoms with van der Waals surface area (Å²) in [5.41, 5.74) is 2.25. The second-order valence-corrected chi connectivity index (χ2v) is 7.68. The molecule has 0 aliphatic carbocycles. The molecule has 0 N–H and O–H groups in total. The highest BCUT2D eigenvalue weighted by Crippen LogP contribution is 2.36. The maximum atomic E-state index is 13.1. The van der Waals surface area contributed by atoms with E-state index in [4.69, 9.17) is 14.7 Å². The van der Waals surface area contributed by atoms with Crippen LogP contribution in [0, 0.1) is 17.2 Å². The lowest BCUT2D eigenvalue weighted by Crippen LogP contribution is -2.36. The Morgan fingerprint density at radius 3 is 2.79 bits per heavy atom. The third-order valence-electron chi connectivity index (χ3n) is 5.13. The van der Waals surface area contributed by atoms with Crippen molar-refractivity contribution in [3.63, 3.8) is 0 Å². The average molecular weight is 477 g/mol. The first-order valence-corrected chi connectivity index (χ1v) is 10.5. The highest BCUT2D eigenvalue weighted by atomic mass is 19.4. The number of nitriles is 1. The molecule has 0 saturated heterocycles. The molecule has 180 valence electrons. The standard InChI is InChI=1S/C22H22F3N5O4/c1-14(34-18-12-28-29-21(32)20(18)22(23,24)25)13-33-9-6-19(31)30-7-4-16(5-8-30)17-3-2-15(10-26)11-27-17/h2-4,11-12,14,20H,5-9,13H2,1H3/t14-,20?/m0/s1. The van der Waals surface area contributed by atoms with E-state index in [1.54, 1.807) is 17.0 Å². The van der Waals surface area contributed by atoms with Crippen LogP contribution in [0.5, 0.6) is 0 Å². The van der Waals surface area contributed by atoms with Crippen LogP contribution in [0.25, 0.3) is 5.57 Å². The Morgan fingerprint density at radius 1 is 1.38 bits per heavy atom. The number of nitrogens with zero attached hydrogens (tertiary/aromatic N) is 5. The van der Waals surface area contributed by atoms with Gasteiger partial charge >= 0.3 is 6.18 Å². The molecule has 0 saturated carbocycles. The van der Waals surface area contributed by atoms with Crippen LogP contribution >= 0.6 is 0 Å². The van der Waals surface area contributed by atoms with E-state index < -0.39 is 29.9 Å². The molecule has 0 aromatic carbocycles. The molecule has 1 aromatic rings. The zero-order chi connectivity index (χ0) is 24.7. The number of azo groups is 1. The number of rotatable bonds is 8. The first kappa shape index (κ1) is 25.0. The van der Waals surface area contributed by atoms with E-state index in [1.807, 2.05) is 12.1 Å². The molecule has 0 spiro atoms. The molecule has 1 unspecified atom stereocenters. The molecular weight excluding hydrogens is 455 g/mol. The van der Waals surface area contributed by atoms with Gasteiger partial charge in [-0.25, -0.2) is 0 Å². The zero-order valence-electron chi connectivity index (χ0n) is 18.3. The third-order valence-corrected chi connectivity index (χ3v) is 5.13. The van der Waals surface area contributed by atoms with Gasteiger partial charge in [0.15, 0.2) is 5.92 Å². The number of hydrogen-bond donors (Lipinski definition) is 0. The minimum Gasteiger partial charge on any atom is -0.490 e. The number of ether oxygens (including phenoxy) is 2. The van der Waals surface area contributed by atoms with Crippen LogP contribution in [-0.4, -0.2) is 60.3 Å². The van der Waals surface area contributed by atoms with Gasteiger partial charge in [0.2, 0.25) is 5.91 Å². The summed E-state index contributed by atoms with van der Waals surface area (Å²) in [6, 6.07) is 5.49. The van der Waals surface area contributed by atoms with Crippen LogP contribution in [0.15, 0.2) is 46.6 Å². The van der Waals surface area contributed by atoms with Crippen molar-refractivity contribution in [1.82, 2.24) is 9.88 Å². The number of pyridine rings is 1. The first-order chi connectivity index (χ1) is 16.2. The van der Waals surface area contributed by atoms with Gasteiger partial charge in [0.05, 0.1) is 37.1 Å². The topological polar surface area (TPSA) is 117 Å². The van der Waals surface area contributed by atoms with Crippen LogP contribution in [-0.2, 0) is 19.1 Å². The Balaban J connectivity index is 1.40. The van der Waals surface area contributed by atoms with Crippen molar-refractivity contribution in [3.05, 3.63) is 47.6 Å².